The number of unbranched alkanes of at least 4 members (excludes halogenated alkanes) is 1. The molecular weight excluding hydrogens is 314 g/mol. The minimum Gasteiger partial charge on any atom is -0.508 e. The average Bonchev–Trinajstić information content (AvgIpc) is 2.63. The number of rotatable bonds is 9. The average molecular weight is 348 g/mol. The van der Waals surface area contributed by atoms with Crippen LogP contribution in [0.25, 0.3) is 0 Å². The molecule has 0 spiro atoms. The van der Waals surface area contributed by atoms with Gasteiger partial charge in [0.15, 0.2) is 5.96 Å². The van der Waals surface area contributed by atoms with E-state index in [4.69, 9.17) is 4.74 Å². The van der Waals surface area contributed by atoms with Gasteiger partial charge in [0.25, 0.3) is 0 Å². The fraction of sp³-hybridized carbons (Fsp3) is 0.650. The smallest absolute Gasteiger partial charge is 0.191 e. The molecule has 1 aromatic carbocycles. The molecule has 5 nitrogen and oxygen atoms in total. The normalized spacial score (nSPS) is 14.2. The molecule has 2 rings (SSSR count). The van der Waals surface area contributed by atoms with Crippen molar-refractivity contribution in [2.45, 2.75) is 58.9 Å². The van der Waals surface area contributed by atoms with Crippen LogP contribution in [-0.2, 0) is 24.1 Å². The highest BCUT2D eigenvalue weighted by Gasteiger charge is 2.16. The molecule has 0 saturated carbocycles. The van der Waals surface area contributed by atoms with Crippen molar-refractivity contribution in [3.8, 4) is 5.75 Å². The molecule has 0 radical (unpaired) electrons. The number of nitrogens with one attached hydrogen (secondary N) is 2. The van der Waals surface area contributed by atoms with E-state index in [1.165, 1.54) is 24.0 Å². The summed E-state index contributed by atoms with van der Waals surface area (Å²) in [5, 5.41) is 16.9. The highest BCUT2D eigenvalue weighted by Crippen LogP contribution is 2.30. The van der Waals surface area contributed by atoms with Gasteiger partial charge in [-0.2, -0.15) is 0 Å². The van der Waals surface area contributed by atoms with Crippen LogP contribution >= 0.6 is 0 Å². The number of ether oxygens (including phenoxy) is 1. The van der Waals surface area contributed by atoms with Gasteiger partial charge in [0.2, 0.25) is 0 Å². The Hall–Kier alpha value is -1.75. The number of benzene rings is 1. The van der Waals surface area contributed by atoms with Crippen molar-refractivity contribution >= 4 is 5.96 Å². The number of aromatic hydroxyl groups is 1. The van der Waals surface area contributed by atoms with Crippen LogP contribution in [0.4, 0.5) is 0 Å². The van der Waals surface area contributed by atoms with E-state index in [9.17, 15) is 5.11 Å². The number of aliphatic imine (C=N–C) groups is 1. The summed E-state index contributed by atoms with van der Waals surface area (Å²) in [5.41, 5.74) is 3.68. The highest BCUT2D eigenvalue weighted by atomic mass is 16.5. The van der Waals surface area contributed by atoms with Crippen LogP contribution in [-0.4, -0.2) is 37.4 Å². The number of fused-ring (bicyclic) bond motifs is 1. The van der Waals surface area contributed by atoms with Crippen LogP contribution in [0, 0.1) is 0 Å². The maximum atomic E-state index is 10.3. The van der Waals surface area contributed by atoms with E-state index in [1.807, 2.05) is 13.0 Å². The second-order valence-corrected chi connectivity index (χ2v) is 6.43. The molecule has 25 heavy (non-hydrogen) atoms. The van der Waals surface area contributed by atoms with Crippen molar-refractivity contribution in [1.82, 2.24) is 10.6 Å². The summed E-state index contributed by atoms with van der Waals surface area (Å²) in [5.74, 6) is 1.18. The van der Waals surface area contributed by atoms with Gasteiger partial charge in [-0.25, -0.2) is 4.99 Å². The van der Waals surface area contributed by atoms with Gasteiger partial charge >= 0.3 is 0 Å². The van der Waals surface area contributed by atoms with E-state index >= 15 is 0 Å². The molecule has 140 valence electrons. The van der Waals surface area contributed by atoms with Gasteiger partial charge < -0.3 is 20.5 Å². The summed E-state index contributed by atoms with van der Waals surface area (Å²) >= 11 is 0. The van der Waals surface area contributed by atoms with Gasteiger partial charge in [0.1, 0.15) is 5.75 Å². The number of nitrogens with zero attached hydrogens (tertiary/aromatic N) is 1. The van der Waals surface area contributed by atoms with Crippen molar-refractivity contribution in [1.29, 1.82) is 0 Å². The topological polar surface area (TPSA) is 65.9 Å². The molecule has 1 aromatic rings. The van der Waals surface area contributed by atoms with E-state index < -0.39 is 0 Å². The Morgan fingerprint density at radius 3 is 2.80 bits per heavy atom. The van der Waals surface area contributed by atoms with Gasteiger partial charge in [-0.15, -0.1) is 0 Å². The van der Waals surface area contributed by atoms with Gasteiger partial charge in [0.05, 0.1) is 6.54 Å². The quantitative estimate of drug-likeness (QED) is 0.365. The zero-order valence-corrected chi connectivity index (χ0v) is 15.7. The van der Waals surface area contributed by atoms with Crippen LogP contribution in [0.1, 0.15) is 56.2 Å². The summed E-state index contributed by atoms with van der Waals surface area (Å²) in [6, 6.07) is 3.89. The molecule has 5 heteroatoms. The first-order valence-corrected chi connectivity index (χ1v) is 9.68. The fourth-order valence-electron chi connectivity index (χ4n) is 3.25. The Bertz CT molecular complexity index is 558. The van der Waals surface area contributed by atoms with E-state index in [1.54, 1.807) is 0 Å². The number of guanidine groups is 1. The number of aryl methyl sites for hydroxylation is 1. The Labute approximate surface area is 151 Å². The molecule has 0 aliphatic heterocycles. The predicted molar refractivity (Wildman–Crippen MR) is 103 cm³/mol. The number of hydrogen-bond acceptors (Lipinski definition) is 3. The first-order chi connectivity index (χ1) is 12.3. The van der Waals surface area contributed by atoms with Crippen LogP contribution in [0.3, 0.4) is 0 Å². The maximum Gasteiger partial charge on any atom is 0.191 e. The van der Waals surface area contributed by atoms with Gasteiger partial charge in [-0.3, -0.25) is 0 Å². The standard InChI is InChI=1S/C20H33N3O2/c1-3-21-20(22-13-7-8-14-25-4-2)23-15-18-17-10-6-5-9-16(17)11-12-19(18)24/h11-12,24H,3-10,13-15H2,1-2H3,(H2,21,22,23). The molecule has 0 aromatic heterocycles. The number of phenolic OH excluding ortho intramolecular Hbond substituents is 1. The van der Waals surface area contributed by atoms with Gasteiger partial charge in [-0.05, 0) is 69.6 Å². The lowest BCUT2D eigenvalue weighted by Crippen LogP contribution is -2.37. The Morgan fingerprint density at radius 2 is 2.00 bits per heavy atom. The van der Waals surface area contributed by atoms with Gasteiger partial charge in [-0.1, -0.05) is 6.07 Å². The summed E-state index contributed by atoms with van der Waals surface area (Å²) < 4.78 is 5.36. The third-order valence-corrected chi connectivity index (χ3v) is 4.58. The molecule has 1 aliphatic rings. The lowest BCUT2D eigenvalue weighted by atomic mass is 9.88. The predicted octanol–water partition coefficient (Wildman–Crippen LogP) is 3.14. The minimum absolute atomic E-state index is 0.372. The molecule has 0 amide bonds. The highest BCUT2D eigenvalue weighted by molar-refractivity contribution is 5.79. The lowest BCUT2D eigenvalue weighted by Gasteiger charge is -2.20. The molecule has 0 atom stereocenters. The van der Waals surface area contributed by atoms with Crippen molar-refractivity contribution in [2.24, 2.45) is 4.99 Å². The minimum atomic E-state index is 0.372. The maximum absolute atomic E-state index is 10.3. The molecular formula is C20H33N3O2. The summed E-state index contributed by atoms with van der Waals surface area (Å²) in [4.78, 5) is 4.69. The SMILES string of the molecule is CCNC(=NCc1c(O)ccc2c1CCCC2)NCCCCOCC. The molecule has 3 N–H and O–H groups in total. The molecule has 0 fully saturated rings. The lowest BCUT2D eigenvalue weighted by molar-refractivity contribution is 0.143. The van der Waals surface area contributed by atoms with Crippen LogP contribution in [0.15, 0.2) is 17.1 Å². The summed E-state index contributed by atoms with van der Waals surface area (Å²) in [6.45, 7) is 7.89. The monoisotopic (exact) mass is 347 g/mol. The first kappa shape index (κ1) is 19.6. The van der Waals surface area contributed by atoms with Crippen LogP contribution in [0.5, 0.6) is 5.75 Å². The number of phenols is 1. The van der Waals surface area contributed by atoms with Gasteiger partial charge in [0, 0.05) is 31.9 Å². The Balaban J connectivity index is 1.94. The van der Waals surface area contributed by atoms with E-state index in [-0.39, 0.29) is 0 Å². The van der Waals surface area contributed by atoms with Crippen molar-refractivity contribution in [3.63, 3.8) is 0 Å². The second kappa shape index (κ2) is 11.0. The van der Waals surface area contributed by atoms with E-state index in [0.29, 0.717) is 12.3 Å². The zero-order valence-electron chi connectivity index (χ0n) is 15.7. The zero-order chi connectivity index (χ0) is 17.9. The largest absolute Gasteiger partial charge is 0.508 e. The third kappa shape index (κ3) is 6.24. The van der Waals surface area contributed by atoms with E-state index in [2.05, 4.69) is 28.6 Å². The van der Waals surface area contributed by atoms with Crippen LogP contribution < -0.4 is 10.6 Å². The molecule has 0 heterocycles. The van der Waals surface area contributed by atoms with Crippen molar-refractivity contribution in [3.05, 3.63) is 28.8 Å². The molecule has 1 aliphatic carbocycles. The second-order valence-electron chi connectivity index (χ2n) is 6.43. The molecule has 0 bridgehead atoms. The van der Waals surface area contributed by atoms with Crippen molar-refractivity contribution in [2.75, 3.05) is 26.3 Å². The van der Waals surface area contributed by atoms with Crippen molar-refractivity contribution < 1.29 is 9.84 Å². The summed E-state index contributed by atoms with van der Waals surface area (Å²) in [6.07, 6.45) is 6.71. The molecule has 0 saturated heterocycles. The Morgan fingerprint density at radius 1 is 1.16 bits per heavy atom. The van der Waals surface area contributed by atoms with E-state index in [0.717, 1.165) is 63.5 Å². The fourth-order valence-corrected chi connectivity index (χ4v) is 3.25. The number of hydrogen-bond donors (Lipinski definition) is 3. The van der Waals surface area contributed by atoms with Crippen LogP contribution in [0.2, 0.25) is 0 Å². The third-order valence-electron chi connectivity index (χ3n) is 4.58. The Kier molecular flexibility index (Phi) is 8.60. The summed E-state index contributed by atoms with van der Waals surface area (Å²) in [7, 11) is 0. The first-order valence-electron chi connectivity index (χ1n) is 9.68. The molecule has 0 unspecified atom stereocenters.